The van der Waals surface area contributed by atoms with Crippen LogP contribution in [0.25, 0.3) is 0 Å². The highest BCUT2D eigenvalue weighted by molar-refractivity contribution is 7.89. The number of piperazine rings is 1. The normalized spacial score (nSPS) is 16.8. The Hall–Kier alpha value is -1.44. The van der Waals surface area contributed by atoms with E-state index in [0.29, 0.717) is 50.1 Å². The number of hydrogen-bond donors (Lipinski definition) is 1. The fourth-order valence-electron chi connectivity index (χ4n) is 3.01. The van der Waals surface area contributed by atoms with Crippen LogP contribution >= 0.6 is 0 Å². The summed E-state index contributed by atoms with van der Waals surface area (Å²) in [5, 5.41) is 2.93. The molecule has 1 amide bonds. The first kappa shape index (κ1) is 20.9. The minimum absolute atomic E-state index is 0.0106. The molecule has 0 aromatic heterocycles. The molecular formula is C19H31N3O3S. The Morgan fingerprint density at radius 3 is 2.42 bits per heavy atom. The van der Waals surface area contributed by atoms with Crippen molar-refractivity contribution in [3.63, 3.8) is 0 Å². The van der Waals surface area contributed by atoms with Gasteiger partial charge in [0.05, 0.1) is 11.4 Å². The second-order valence-corrected chi connectivity index (χ2v) is 9.39. The number of nitrogens with one attached hydrogen (secondary N) is 1. The molecule has 1 aliphatic heterocycles. The number of rotatable bonds is 7. The summed E-state index contributed by atoms with van der Waals surface area (Å²) in [6.07, 6.45) is 0.966. The number of aryl methyl sites for hydroxylation is 2. The Morgan fingerprint density at radius 2 is 1.81 bits per heavy atom. The van der Waals surface area contributed by atoms with Gasteiger partial charge in [0.15, 0.2) is 0 Å². The lowest BCUT2D eigenvalue weighted by molar-refractivity contribution is -0.122. The van der Waals surface area contributed by atoms with Crippen molar-refractivity contribution in [1.82, 2.24) is 14.5 Å². The molecule has 0 bridgehead atoms. The summed E-state index contributed by atoms with van der Waals surface area (Å²) in [6.45, 7) is 11.0. The number of carbonyl (C=O) groups excluding carboxylic acids is 1. The Labute approximate surface area is 157 Å². The van der Waals surface area contributed by atoms with Gasteiger partial charge in [-0.1, -0.05) is 26.0 Å². The Kier molecular flexibility index (Phi) is 7.20. The third-order valence-electron chi connectivity index (χ3n) is 4.70. The fourth-order valence-corrected chi connectivity index (χ4v) is 4.74. The molecule has 1 N–H and O–H groups in total. The van der Waals surface area contributed by atoms with Gasteiger partial charge < -0.3 is 5.32 Å². The summed E-state index contributed by atoms with van der Waals surface area (Å²) in [5.74, 6) is 0.575. The van der Waals surface area contributed by atoms with Gasteiger partial charge >= 0.3 is 0 Å². The lowest BCUT2D eigenvalue weighted by Crippen LogP contribution is -2.51. The van der Waals surface area contributed by atoms with Gasteiger partial charge in [0.2, 0.25) is 15.9 Å². The van der Waals surface area contributed by atoms with Crippen molar-refractivity contribution in [2.24, 2.45) is 5.92 Å². The van der Waals surface area contributed by atoms with E-state index in [9.17, 15) is 13.2 Å². The van der Waals surface area contributed by atoms with E-state index in [1.54, 1.807) is 6.07 Å². The molecule has 6 nitrogen and oxygen atoms in total. The fraction of sp³-hybridized carbons (Fsp3) is 0.632. The van der Waals surface area contributed by atoms with Gasteiger partial charge in [-0.3, -0.25) is 9.69 Å². The average molecular weight is 382 g/mol. The molecule has 1 aromatic carbocycles. The number of amides is 1. The van der Waals surface area contributed by atoms with Crippen LogP contribution in [0.4, 0.5) is 0 Å². The van der Waals surface area contributed by atoms with Crippen LogP contribution in [0.1, 0.15) is 31.4 Å². The van der Waals surface area contributed by atoms with Crippen molar-refractivity contribution in [3.05, 3.63) is 29.3 Å². The molecule has 2 rings (SSSR count). The van der Waals surface area contributed by atoms with E-state index in [0.717, 1.165) is 17.5 Å². The van der Waals surface area contributed by atoms with Crippen molar-refractivity contribution >= 4 is 15.9 Å². The molecule has 1 fully saturated rings. The van der Waals surface area contributed by atoms with Gasteiger partial charge in [-0.15, -0.1) is 0 Å². The maximum Gasteiger partial charge on any atom is 0.243 e. The van der Waals surface area contributed by atoms with Crippen LogP contribution in [-0.2, 0) is 14.8 Å². The highest BCUT2D eigenvalue weighted by Gasteiger charge is 2.30. The second-order valence-electron chi connectivity index (χ2n) is 7.48. The summed E-state index contributed by atoms with van der Waals surface area (Å²) < 4.78 is 27.4. The van der Waals surface area contributed by atoms with Gasteiger partial charge in [0.25, 0.3) is 0 Å². The lowest BCUT2D eigenvalue weighted by Gasteiger charge is -2.33. The number of benzene rings is 1. The topological polar surface area (TPSA) is 69.7 Å². The largest absolute Gasteiger partial charge is 0.355 e. The molecule has 7 heteroatoms. The third kappa shape index (κ3) is 5.53. The van der Waals surface area contributed by atoms with Crippen LogP contribution < -0.4 is 5.32 Å². The lowest BCUT2D eigenvalue weighted by atomic mass is 10.1. The molecular weight excluding hydrogens is 350 g/mol. The highest BCUT2D eigenvalue weighted by Crippen LogP contribution is 2.22. The Balaban J connectivity index is 1.89. The summed E-state index contributed by atoms with van der Waals surface area (Å²) in [4.78, 5) is 14.4. The van der Waals surface area contributed by atoms with E-state index in [2.05, 4.69) is 19.2 Å². The first-order valence-corrected chi connectivity index (χ1v) is 10.7. The zero-order chi connectivity index (χ0) is 19.3. The van der Waals surface area contributed by atoms with E-state index in [1.165, 1.54) is 4.31 Å². The van der Waals surface area contributed by atoms with Gasteiger partial charge in [-0.2, -0.15) is 4.31 Å². The van der Waals surface area contributed by atoms with Gasteiger partial charge in [-0.05, 0) is 43.4 Å². The van der Waals surface area contributed by atoms with Crippen molar-refractivity contribution in [1.29, 1.82) is 0 Å². The number of nitrogens with zero attached hydrogens (tertiary/aromatic N) is 2. The first-order chi connectivity index (χ1) is 12.2. The van der Waals surface area contributed by atoms with Crippen molar-refractivity contribution < 1.29 is 13.2 Å². The van der Waals surface area contributed by atoms with Gasteiger partial charge in [0.1, 0.15) is 0 Å². The second kappa shape index (κ2) is 8.97. The van der Waals surface area contributed by atoms with Gasteiger partial charge in [0, 0.05) is 32.7 Å². The van der Waals surface area contributed by atoms with Crippen LogP contribution in [-0.4, -0.2) is 62.8 Å². The minimum atomic E-state index is -3.48. The highest BCUT2D eigenvalue weighted by atomic mass is 32.2. The molecule has 146 valence electrons. The Bertz CT molecular complexity index is 724. The number of hydrogen-bond acceptors (Lipinski definition) is 4. The number of carbonyl (C=O) groups is 1. The zero-order valence-corrected chi connectivity index (χ0v) is 17.1. The molecule has 0 aliphatic carbocycles. The van der Waals surface area contributed by atoms with E-state index >= 15 is 0 Å². The predicted octanol–water partition coefficient (Wildman–Crippen LogP) is 1.77. The molecule has 0 radical (unpaired) electrons. The maximum absolute atomic E-state index is 12.9. The SMILES string of the molecule is Cc1ccc(C)c(S(=O)(=O)N2CCN(CC(=O)NCCC(C)C)CC2)c1. The van der Waals surface area contributed by atoms with Crippen LogP contribution in [0.3, 0.4) is 0 Å². The molecule has 0 spiro atoms. The molecule has 1 saturated heterocycles. The smallest absolute Gasteiger partial charge is 0.243 e. The van der Waals surface area contributed by atoms with Crippen LogP contribution in [0.5, 0.6) is 0 Å². The van der Waals surface area contributed by atoms with E-state index in [-0.39, 0.29) is 5.91 Å². The number of sulfonamides is 1. The summed E-state index contributed by atoms with van der Waals surface area (Å²) >= 11 is 0. The quantitative estimate of drug-likeness (QED) is 0.782. The van der Waals surface area contributed by atoms with Gasteiger partial charge in [-0.25, -0.2) is 8.42 Å². The van der Waals surface area contributed by atoms with Crippen LogP contribution in [0.15, 0.2) is 23.1 Å². The third-order valence-corrected chi connectivity index (χ3v) is 6.74. The van der Waals surface area contributed by atoms with E-state index < -0.39 is 10.0 Å². The molecule has 1 aliphatic rings. The van der Waals surface area contributed by atoms with Crippen LogP contribution in [0.2, 0.25) is 0 Å². The molecule has 0 saturated carbocycles. The molecule has 0 unspecified atom stereocenters. The summed E-state index contributed by atoms with van der Waals surface area (Å²) in [5.41, 5.74) is 1.70. The summed E-state index contributed by atoms with van der Waals surface area (Å²) in [6, 6.07) is 5.50. The Morgan fingerprint density at radius 1 is 1.15 bits per heavy atom. The molecule has 1 heterocycles. The standard InChI is InChI=1S/C19H31N3O3S/c1-15(2)7-8-20-19(23)14-21-9-11-22(12-10-21)26(24,25)18-13-16(3)5-6-17(18)4/h5-6,13,15H,7-12,14H2,1-4H3,(H,20,23). The average Bonchev–Trinajstić information content (AvgIpc) is 2.57. The monoisotopic (exact) mass is 381 g/mol. The zero-order valence-electron chi connectivity index (χ0n) is 16.3. The molecule has 0 atom stereocenters. The predicted molar refractivity (Wildman–Crippen MR) is 104 cm³/mol. The maximum atomic E-state index is 12.9. The van der Waals surface area contributed by atoms with Crippen LogP contribution in [0, 0.1) is 19.8 Å². The van der Waals surface area contributed by atoms with Crippen molar-refractivity contribution in [2.45, 2.75) is 39.0 Å². The van der Waals surface area contributed by atoms with E-state index in [4.69, 9.17) is 0 Å². The molecule has 1 aromatic rings. The van der Waals surface area contributed by atoms with E-state index in [1.807, 2.05) is 30.9 Å². The van der Waals surface area contributed by atoms with Crippen molar-refractivity contribution in [2.75, 3.05) is 39.3 Å². The summed E-state index contributed by atoms with van der Waals surface area (Å²) in [7, 11) is -3.48. The minimum Gasteiger partial charge on any atom is -0.355 e. The first-order valence-electron chi connectivity index (χ1n) is 9.26. The van der Waals surface area contributed by atoms with Crippen molar-refractivity contribution in [3.8, 4) is 0 Å². The molecule has 26 heavy (non-hydrogen) atoms.